The van der Waals surface area contributed by atoms with Gasteiger partial charge in [0.25, 0.3) is 0 Å². The monoisotopic (exact) mass is 271 g/mol. The third-order valence-electron chi connectivity index (χ3n) is 3.82. The van der Waals surface area contributed by atoms with Crippen LogP contribution in [0.15, 0.2) is 30.3 Å². The van der Waals surface area contributed by atoms with E-state index in [0.29, 0.717) is 11.6 Å². The molecule has 2 aromatic rings. The number of benzene rings is 1. The maximum Gasteiger partial charge on any atom is 0.337 e. The third kappa shape index (κ3) is 2.07. The molecule has 104 valence electrons. The van der Waals surface area contributed by atoms with E-state index in [4.69, 9.17) is 4.74 Å². The first kappa shape index (κ1) is 12.8. The molecule has 20 heavy (non-hydrogen) atoms. The number of aromatic carboxylic acids is 1. The Labute approximate surface area is 117 Å². The second-order valence-electron chi connectivity index (χ2n) is 5.16. The fourth-order valence-corrected chi connectivity index (χ4v) is 2.63. The van der Waals surface area contributed by atoms with E-state index in [1.54, 1.807) is 13.2 Å². The van der Waals surface area contributed by atoms with Crippen molar-refractivity contribution in [3.05, 3.63) is 41.6 Å². The predicted octanol–water partition coefficient (Wildman–Crippen LogP) is 3.51. The van der Waals surface area contributed by atoms with Crippen LogP contribution in [0.5, 0.6) is 5.75 Å². The lowest BCUT2D eigenvalue weighted by molar-refractivity contribution is 0.0696. The number of methoxy groups -OCH3 is 1. The Morgan fingerprint density at radius 3 is 2.45 bits per heavy atom. The normalized spacial score (nSPS) is 14.3. The molecule has 4 nitrogen and oxygen atoms in total. The Morgan fingerprint density at radius 2 is 1.95 bits per heavy atom. The molecule has 1 aliphatic rings. The number of carboxylic acids is 1. The van der Waals surface area contributed by atoms with Crippen molar-refractivity contribution < 1.29 is 14.6 Å². The lowest BCUT2D eigenvalue weighted by Gasteiger charge is -2.11. The molecule has 1 N–H and O–H groups in total. The zero-order valence-corrected chi connectivity index (χ0v) is 11.6. The van der Waals surface area contributed by atoms with Crippen LogP contribution in [0.1, 0.15) is 34.9 Å². The van der Waals surface area contributed by atoms with Crippen LogP contribution in [0.2, 0.25) is 0 Å². The van der Waals surface area contributed by atoms with E-state index in [1.807, 2.05) is 31.2 Å². The summed E-state index contributed by atoms with van der Waals surface area (Å²) in [6, 6.07) is 9.96. The topological polar surface area (TPSA) is 51.5 Å². The van der Waals surface area contributed by atoms with E-state index < -0.39 is 5.97 Å². The predicted molar refractivity (Wildman–Crippen MR) is 76.4 cm³/mol. The van der Waals surface area contributed by atoms with Crippen molar-refractivity contribution in [2.24, 2.45) is 0 Å². The molecule has 0 radical (unpaired) electrons. The van der Waals surface area contributed by atoms with E-state index in [9.17, 15) is 9.90 Å². The highest BCUT2D eigenvalue weighted by Gasteiger charge is 2.29. The van der Waals surface area contributed by atoms with Crippen molar-refractivity contribution in [3.63, 3.8) is 0 Å². The van der Waals surface area contributed by atoms with Gasteiger partial charge in [-0.15, -0.1) is 0 Å². The summed E-state index contributed by atoms with van der Waals surface area (Å²) >= 11 is 0. The maximum absolute atomic E-state index is 11.3. The molecule has 0 aliphatic heterocycles. The quantitative estimate of drug-likeness (QED) is 0.925. The van der Waals surface area contributed by atoms with Crippen molar-refractivity contribution in [2.45, 2.75) is 25.8 Å². The van der Waals surface area contributed by atoms with Crippen LogP contribution in [-0.4, -0.2) is 22.8 Å². The van der Waals surface area contributed by atoms with Crippen molar-refractivity contribution in [1.29, 1.82) is 0 Å². The van der Waals surface area contributed by atoms with Crippen molar-refractivity contribution in [2.75, 3.05) is 7.11 Å². The largest absolute Gasteiger partial charge is 0.497 e. The Morgan fingerprint density at radius 1 is 1.30 bits per heavy atom. The highest BCUT2D eigenvalue weighted by Crippen LogP contribution is 2.41. The average Bonchev–Trinajstić information content (AvgIpc) is 3.22. The summed E-state index contributed by atoms with van der Waals surface area (Å²) in [5.41, 5.74) is 3.23. The highest BCUT2D eigenvalue weighted by atomic mass is 16.5. The fourth-order valence-electron chi connectivity index (χ4n) is 2.63. The van der Waals surface area contributed by atoms with Gasteiger partial charge < -0.3 is 14.4 Å². The first-order chi connectivity index (χ1) is 9.61. The average molecular weight is 271 g/mol. The number of carbonyl (C=O) groups is 1. The second-order valence-corrected chi connectivity index (χ2v) is 5.16. The number of rotatable bonds is 4. The summed E-state index contributed by atoms with van der Waals surface area (Å²) in [5.74, 6) is -0.0647. The molecular formula is C16H17NO3. The van der Waals surface area contributed by atoms with Gasteiger partial charge in [0.05, 0.1) is 12.7 Å². The van der Waals surface area contributed by atoms with Crippen molar-refractivity contribution >= 4 is 5.97 Å². The van der Waals surface area contributed by atoms with Gasteiger partial charge in [-0.3, -0.25) is 0 Å². The number of nitrogens with zero attached hydrogens (tertiary/aromatic N) is 1. The lowest BCUT2D eigenvalue weighted by Crippen LogP contribution is -2.02. The molecule has 0 unspecified atom stereocenters. The van der Waals surface area contributed by atoms with Gasteiger partial charge in [-0.1, -0.05) is 0 Å². The van der Waals surface area contributed by atoms with Gasteiger partial charge in [0.15, 0.2) is 0 Å². The molecule has 4 heteroatoms. The number of hydrogen-bond acceptors (Lipinski definition) is 2. The third-order valence-corrected chi connectivity index (χ3v) is 3.82. The summed E-state index contributed by atoms with van der Waals surface area (Å²) in [7, 11) is 1.63. The van der Waals surface area contributed by atoms with Gasteiger partial charge in [-0.25, -0.2) is 4.79 Å². The summed E-state index contributed by atoms with van der Waals surface area (Å²) in [6.07, 6.45) is 2.25. The molecule has 3 rings (SSSR count). The van der Waals surface area contributed by atoms with Gasteiger partial charge >= 0.3 is 5.97 Å². The van der Waals surface area contributed by atoms with E-state index >= 15 is 0 Å². The number of hydrogen-bond donors (Lipinski definition) is 1. The van der Waals surface area contributed by atoms with Crippen LogP contribution in [-0.2, 0) is 0 Å². The van der Waals surface area contributed by atoms with Crippen LogP contribution in [0.3, 0.4) is 0 Å². The number of carboxylic acid groups (broad SMARTS) is 1. The first-order valence-corrected chi connectivity index (χ1v) is 6.71. The molecule has 0 saturated heterocycles. The number of ether oxygens (including phenoxy) is 1. The van der Waals surface area contributed by atoms with E-state index in [-0.39, 0.29) is 0 Å². The van der Waals surface area contributed by atoms with Gasteiger partial charge in [-0.05, 0) is 55.7 Å². The minimum atomic E-state index is -0.864. The summed E-state index contributed by atoms with van der Waals surface area (Å²) < 4.78 is 7.32. The summed E-state index contributed by atoms with van der Waals surface area (Å²) in [6.45, 7) is 1.88. The Kier molecular flexibility index (Phi) is 3.01. The van der Waals surface area contributed by atoms with Crippen LogP contribution < -0.4 is 4.74 Å². The molecule has 0 spiro atoms. The number of aromatic nitrogens is 1. The van der Waals surface area contributed by atoms with Crippen LogP contribution in [0.25, 0.3) is 11.3 Å². The molecule has 1 fully saturated rings. The van der Waals surface area contributed by atoms with Gasteiger partial charge in [0, 0.05) is 17.4 Å². The molecule has 0 atom stereocenters. The Hall–Kier alpha value is -2.23. The second kappa shape index (κ2) is 4.71. The minimum Gasteiger partial charge on any atom is -0.497 e. The zero-order chi connectivity index (χ0) is 14.3. The molecule has 1 aromatic heterocycles. The van der Waals surface area contributed by atoms with E-state index in [2.05, 4.69) is 4.57 Å². The summed E-state index contributed by atoms with van der Waals surface area (Å²) in [5, 5.41) is 9.30. The van der Waals surface area contributed by atoms with Gasteiger partial charge in [0.2, 0.25) is 0 Å². The first-order valence-electron chi connectivity index (χ1n) is 6.71. The smallest absolute Gasteiger partial charge is 0.337 e. The molecular weight excluding hydrogens is 254 g/mol. The van der Waals surface area contributed by atoms with Crippen molar-refractivity contribution in [3.8, 4) is 17.0 Å². The molecule has 0 bridgehead atoms. The standard InChI is InChI=1S/C16H17NO3/c1-10-14(16(18)19)9-15(17(10)12-5-6-12)11-3-7-13(20-2)8-4-11/h3-4,7-9,12H,5-6H2,1-2H3,(H,18,19). The summed E-state index contributed by atoms with van der Waals surface area (Å²) in [4.78, 5) is 11.3. The van der Waals surface area contributed by atoms with Crippen LogP contribution in [0, 0.1) is 6.92 Å². The molecule has 1 heterocycles. The van der Waals surface area contributed by atoms with Crippen LogP contribution >= 0.6 is 0 Å². The lowest BCUT2D eigenvalue weighted by atomic mass is 10.1. The Balaban J connectivity index is 2.11. The van der Waals surface area contributed by atoms with Crippen LogP contribution in [0.4, 0.5) is 0 Å². The molecule has 1 saturated carbocycles. The van der Waals surface area contributed by atoms with Crippen molar-refractivity contribution in [1.82, 2.24) is 4.57 Å². The maximum atomic E-state index is 11.3. The minimum absolute atomic E-state index is 0.391. The van der Waals surface area contributed by atoms with E-state index in [0.717, 1.165) is 35.5 Å². The SMILES string of the molecule is COc1ccc(-c2cc(C(=O)O)c(C)n2C2CC2)cc1. The van der Waals surface area contributed by atoms with Gasteiger partial charge in [-0.2, -0.15) is 0 Å². The molecule has 1 aliphatic carbocycles. The van der Waals surface area contributed by atoms with Gasteiger partial charge in [0.1, 0.15) is 5.75 Å². The van der Waals surface area contributed by atoms with E-state index in [1.165, 1.54) is 0 Å². The highest BCUT2D eigenvalue weighted by molar-refractivity contribution is 5.91. The molecule has 1 aromatic carbocycles. The molecule has 0 amide bonds. The Bertz CT molecular complexity index is 651. The zero-order valence-electron chi connectivity index (χ0n) is 11.6. The fraction of sp³-hybridized carbons (Fsp3) is 0.312.